The number of rotatable bonds is 5. The van der Waals surface area contributed by atoms with Crippen molar-refractivity contribution in [2.24, 2.45) is 0 Å². The van der Waals surface area contributed by atoms with Gasteiger partial charge in [-0.15, -0.1) is 0 Å². The fraction of sp³-hybridized carbons (Fsp3) is 0.300. The number of carbonyl (C=O) groups is 2. The lowest BCUT2D eigenvalue weighted by Crippen LogP contribution is -2.29. The number of carbonyl (C=O) groups excluding carboxylic acids is 2. The van der Waals surface area contributed by atoms with Gasteiger partial charge < -0.3 is 15.0 Å². The van der Waals surface area contributed by atoms with E-state index in [0.717, 1.165) is 13.1 Å². The third kappa shape index (κ3) is 4.83. The van der Waals surface area contributed by atoms with Gasteiger partial charge in [0.05, 0.1) is 5.56 Å². The predicted molar refractivity (Wildman–Crippen MR) is 97.9 cm³/mol. The molecule has 0 aromatic heterocycles. The molecule has 1 heterocycles. The number of ether oxygens (including phenoxy) is 1. The van der Waals surface area contributed by atoms with Crippen LogP contribution in [0.1, 0.15) is 29.6 Å². The Morgan fingerprint density at radius 3 is 2.28 bits per heavy atom. The number of amides is 1. The predicted octanol–water partition coefficient (Wildman–Crippen LogP) is 3.47. The van der Waals surface area contributed by atoms with Crippen molar-refractivity contribution in [3.8, 4) is 0 Å². The Balaban J connectivity index is 1.48. The quantitative estimate of drug-likeness (QED) is 0.848. The first-order chi connectivity index (χ1) is 12.2. The first-order valence-corrected chi connectivity index (χ1v) is 8.59. The van der Waals surface area contributed by atoms with Gasteiger partial charge in [0.1, 0.15) is 0 Å². The smallest absolute Gasteiger partial charge is 0.338 e. The summed E-state index contributed by atoms with van der Waals surface area (Å²) in [6.07, 6.45) is 3.75. The van der Waals surface area contributed by atoms with Gasteiger partial charge in [0.15, 0.2) is 6.61 Å². The first-order valence-electron chi connectivity index (χ1n) is 8.59. The van der Waals surface area contributed by atoms with E-state index in [-0.39, 0.29) is 12.5 Å². The number of benzene rings is 2. The molecule has 5 heteroatoms. The zero-order chi connectivity index (χ0) is 17.5. The Kier molecular flexibility index (Phi) is 5.67. The first kappa shape index (κ1) is 17.0. The van der Waals surface area contributed by atoms with Crippen LogP contribution in [-0.2, 0) is 9.53 Å². The van der Waals surface area contributed by atoms with Crippen molar-refractivity contribution in [2.45, 2.75) is 19.3 Å². The van der Waals surface area contributed by atoms with Crippen LogP contribution < -0.4 is 10.2 Å². The van der Waals surface area contributed by atoms with E-state index in [0.29, 0.717) is 11.3 Å². The van der Waals surface area contributed by atoms with Crippen LogP contribution in [0.3, 0.4) is 0 Å². The normalized spacial score (nSPS) is 14.0. The number of piperidine rings is 1. The van der Waals surface area contributed by atoms with Crippen molar-refractivity contribution in [2.75, 3.05) is 29.9 Å². The molecule has 130 valence electrons. The number of nitrogens with one attached hydrogen (secondary N) is 1. The van der Waals surface area contributed by atoms with Crippen molar-refractivity contribution >= 4 is 23.3 Å². The summed E-state index contributed by atoms with van der Waals surface area (Å²) in [5.41, 5.74) is 2.30. The van der Waals surface area contributed by atoms with Crippen LogP contribution in [0.15, 0.2) is 54.6 Å². The monoisotopic (exact) mass is 338 g/mol. The molecule has 2 aromatic carbocycles. The summed E-state index contributed by atoms with van der Waals surface area (Å²) in [7, 11) is 0. The molecule has 0 saturated carbocycles. The molecule has 2 aromatic rings. The summed E-state index contributed by atoms with van der Waals surface area (Å²) in [6, 6.07) is 16.4. The zero-order valence-electron chi connectivity index (χ0n) is 14.1. The fourth-order valence-corrected chi connectivity index (χ4v) is 2.89. The molecule has 0 bridgehead atoms. The Hall–Kier alpha value is -2.82. The molecule has 1 N–H and O–H groups in total. The van der Waals surface area contributed by atoms with Gasteiger partial charge in [-0.25, -0.2) is 4.79 Å². The van der Waals surface area contributed by atoms with Gasteiger partial charge in [-0.3, -0.25) is 4.79 Å². The fourth-order valence-electron chi connectivity index (χ4n) is 2.89. The molecular weight excluding hydrogens is 316 g/mol. The highest BCUT2D eigenvalue weighted by Crippen LogP contribution is 2.21. The number of hydrogen-bond acceptors (Lipinski definition) is 4. The lowest BCUT2D eigenvalue weighted by atomic mass is 10.1. The highest BCUT2D eigenvalue weighted by molar-refractivity contribution is 5.95. The minimum atomic E-state index is -0.504. The molecular formula is C20H22N2O3. The Labute approximate surface area is 147 Å². The van der Waals surface area contributed by atoms with Crippen molar-refractivity contribution in [1.82, 2.24) is 0 Å². The highest BCUT2D eigenvalue weighted by atomic mass is 16.5. The summed E-state index contributed by atoms with van der Waals surface area (Å²) in [4.78, 5) is 26.1. The summed E-state index contributed by atoms with van der Waals surface area (Å²) < 4.78 is 5.02. The largest absolute Gasteiger partial charge is 0.452 e. The molecule has 0 atom stereocenters. The number of nitrogens with zero attached hydrogens (tertiary/aromatic N) is 1. The topological polar surface area (TPSA) is 58.6 Å². The average Bonchev–Trinajstić information content (AvgIpc) is 2.68. The number of esters is 1. The highest BCUT2D eigenvalue weighted by Gasteiger charge is 2.12. The maximum atomic E-state index is 11.9. The molecule has 25 heavy (non-hydrogen) atoms. The van der Waals surface area contributed by atoms with Gasteiger partial charge >= 0.3 is 5.97 Å². The van der Waals surface area contributed by atoms with Gasteiger partial charge in [0, 0.05) is 24.5 Å². The summed E-state index contributed by atoms with van der Waals surface area (Å²) >= 11 is 0. The Morgan fingerprint density at radius 1 is 0.920 bits per heavy atom. The van der Waals surface area contributed by atoms with Crippen molar-refractivity contribution < 1.29 is 14.3 Å². The molecule has 3 rings (SSSR count). The minimum absolute atomic E-state index is 0.304. The summed E-state index contributed by atoms with van der Waals surface area (Å²) in [5.74, 6) is -0.855. The van der Waals surface area contributed by atoms with Gasteiger partial charge in [-0.05, 0) is 55.7 Å². The van der Waals surface area contributed by atoms with E-state index in [9.17, 15) is 9.59 Å². The van der Waals surface area contributed by atoms with E-state index in [4.69, 9.17) is 4.74 Å². The van der Waals surface area contributed by atoms with Crippen LogP contribution in [0.5, 0.6) is 0 Å². The number of anilines is 2. The third-order valence-corrected chi connectivity index (χ3v) is 4.22. The van der Waals surface area contributed by atoms with Gasteiger partial charge in [0.2, 0.25) is 0 Å². The second-order valence-electron chi connectivity index (χ2n) is 6.08. The molecule has 5 nitrogen and oxygen atoms in total. The summed E-state index contributed by atoms with van der Waals surface area (Å²) in [6.45, 7) is 1.86. The van der Waals surface area contributed by atoms with Crippen LogP contribution in [-0.4, -0.2) is 31.6 Å². The second kappa shape index (κ2) is 8.33. The Bertz CT molecular complexity index is 707. The van der Waals surface area contributed by atoms with Crippen molar-refractivity contribution in [1.29, 1.82) is 0 Å². The molecule has 1 saturated heterocycles. The molecule has 0 spiro atoms. The van der Waals surface area contributed by atoms with Crippen LogP contribution in [0.2, 0.25) is 0 Å². The van der Waals surface area contributed by atoms with Crippen molar-refractivity contribution in [3.63, 3.8) is 0 Å². The van der Waals surface area contributed by atoms with Crippen LogP contribution in [0.25, 0.3) is 0 Å². The third-order valence-electron chi connectivity index (χ3n) is 4.22. The van der Waals surface area contributed by atoms with E-state index in [1.54, 1.807) is 24.3 Å². The molecule has 1 aliphatic rings. The number of hydrogen-bond donors (Lipinski definition) is 1. The lowest BCUT2D eigenvalue weighted by molar-refractivity contribution is -0.119. The van der Waals surface area contributed by atoms with Crippen molar-refractivity contribution in [3.05, 3.63) is 60.2 Å². The Morgan fingerprint density at radius 2 is 1.60 bits per heavy atom. The van der Waals surface area contributed by atoms with E-state index >= 15 is 0 Å². The van der Waals surface area contributed by atoms with E-state index in [1.807, 2.05) is 30.3 Å². The van der Waals surface area contributed by atoms with Gasteiger partial charge in [-0.2, -0.15) is 0 Å². The summed E-state index contributed by atoms with van der Waals surface area (Å²) in [5, 5.41) is 2.74. The standard InChI is InChI=1S/C20H22N2O3/c23-19(15-25-20(24)16-7-3-1-4-8-16)21-17-9-11-18(12-10-17)22-13-5-2-6-14-22/h1,3-4,7-12H,2,5-6,13-15H2,(H,21,23). The molecule has 1 aliphatic heterocycles. The molecule has 0 unspecified atom stereocenters. The van der Waals surface area contributed by atoms with Gasteiger partial charge in [-0.1, -0.05) is 18.2 Å². The van der Waals surface area contributed by atoms with Crippen LogP contribution in [0, 0.1) is 0 Å². The lowest BCUT2D eigenvalue weighted by Gasteiger charge is -2.28. The van der Waals surface area contributed by atoms with E-state index in [2.05, 4.69) is 10.2 Å². The van der Waals surface area contributed by atoms with E-state index in [1.165, 1.54) is 24.9 Å². The van der Waals surface area contributed by atoms with Gasteiger partial charge in [0.25, 0.3) is 5.91 Å². The SMILES string of the molecule is O=C(COC(=O)c1ccccc1)Nc1ccc(N2CCCCC2)cc1. The molecule has 1 amide bonds. The van der Waals surface area contributed by atoms with Crippen LogP contribution >= 0.6 is 0 Å². The maximum absolute atomic E-state index is 11.9. The van der Waals surface area contributed by atoms with E-state index < -0.39 is 5.97 Å². The minimum Gasteiger partial charge on any atom is -0.452 e. The molecule has 1 fully saturated rings. The average molecular weight is 338 g/mol. The maximum Gasteiger partial charge on any atom is 0.338 e. The van der Waals surface area contributed by atoms with Crippen LogP contribution in [0.4, 0.5) is 11.4 Å². The zero-order valence-corrected chi connectivity index (χ0v) is 14.1. The molecule has 0 aliphatic carbocycles. The second-order valence-corrected chi connectivity index (χ2v) is 6.08. The molecule has 0 radical (unpaired) electrons.